The van der Waals surface area contributed by atoms with E-state index >= 15 is 0 Å². The van der Waals surface area contributed by atoms with Crippen LogP contribution in [0.3, 0.4) is 0 Å². The first-order valence-corrected chi connectivity index (χ1v) is 8.70. The predicted octanol–water partition coefficient (Wildman–Crippen LogP) is 3.94. The lowest BCUT2D eigenvalue weighted by atomic mass is 10.3. The third-order valence-electron chi connectivity index (χ3n) is 2.69. The average Bonchev–Trinajstić information content (AvgIpc) is 2.44. The maximum atomic E-state index is 11.9. The van der Waals surface area contributed by atoms with Gasteiger partial charge in [0.2, 0.25) is 10.0 Å². The van der Waals surface area contributed by atoms with E-state index in [1.807, 2.05) is 0 Å². The van der Waals surface area contributed by atoms with Crippen molar-refractivity contribution >= 4 is 62.2 Å². The predicted molar refractivity (Wildman–Crippen MR) is 91.9 cm³/mol. The van der Waals surface area contributed by atoms with Crippen LogP contribution in [0.4, 0.5) is 16.2 Å². The van der Waals surface area contributed by atoms with Crippen LogP contribution in [0.15, 0.2) is 41.3 Å². The van der Waals surface area contributed by atoms with Crippen LogP contribution in [0.2, 0.25) is 15.1 Å². The van der Waals surface area contributed by atoms with Crippen molar-refractivity contribution in [2.75, 3.05) is 10.6 Å². The summed E-state index contributed by atoms with van der Waals surface area (Å²) in [4.78, 5) is 11.8. The molecule has 23 heavy (non-hydrogen) atoms. The molecule has 4 N–H and O–H groups in total. The van der Waals surface area contributed by atoms with Crippen LogP contribution in [-0.2, 0) is 10.0 Å². The van der Waals surface area contributed by atoms with Crippen molar-refractivity contribution in [2.24, 2.45) is 5.14 Å². The van der Waals surface area contributed by atoms with Gasteiger partial charge in [0.05, 0.1) is 25.7 Å². The standard InChI is InChI=1S/C13H10Cl3N3O3S/c14-9-3-1-7(5-10(9)15)18-13(20)19-12-4-2-8(6-11(12)16)23(17,21)22/h1-6H,(H2,17,21,22)(H2,18,19,20). The Morgan fingerprint density at radius 1 is 0.913 bits per heavy atom. The number of primary sulfonamides is 1. The van der Waals surface area contributed by atoms with Gasteiger partial charge in [-0.15, -0.1) is 0 Å². The highest BCUT2D eigenvalue weighted by molar-refractivity contribution is 7.89. The van der Waals surface area contributed by atoms with Crippen molar-refractivity contribution in [1.82, 2.24) is 0 Å². The summed E-state index contributed by atoms with van der Waals surface area (Å²) in [5.74, 6) is 0. The van der Waals surface area contributed by atoms with Crippen LogP contribution < -0.4 is 15.8 Å². The van der Waals surface area contributed by atoms with Crippen LogP contribution in [0.1, 0.15) is 0 Å². The molecular formula is C13H10Cl3N3O3S. The van der Waals surface area contributed by atoms with Gasteiger partial charge in [0, 0.05) is 5.69 Å². The van der Waals surface area contributed by atoms with Crippen molar-refractivity contribution in [1.29, 1.82) is 0 Å². The van der Waals surface area contributed by atoms with E-state index in [9.17, 15) is 13.2 Å². The Kier molecular flexibility index (Phi) is 5.38. The Balaban J connectivity index is 2.12. The first kappa shape index (κ1) is 17.8. The number of nitrogens with one attached hydrogen (secondary N) is 2. The van der Waals surface area contributed by atoms with Crippen molar-refractivity contribution in [3.63, 3.8) is 0 Å². The lowest BCUT2D eigenvalue weighted by Crippen LogP contribution is -2.20. The van der Waals surface area contributed by atoms with Crippen LogP contribution in [-0.4, -0.2) is 14.4 Å². The molecule has 0 fully saturated rings. The highest BCUT2D eigenvalue weighted by atomic mass is 35.5. The summed E-state index contributed by atoms with van der Waals surface area (Å²) in [5.41, 5.74) is 0.644. The molecular weight excluding hydrogens is 385 g/mol. The molecule has 2 aromatic rings. The number of urea groups is 1. The van der Waals surface area contributed by atoms with E-state index < -0.39 is 16.1 Å². The normalized spacial score (nSPS) is 11.1. The zero-order valence-corrected chi connectivity index (χ0v) is 14.4. The number of hydrogen-bond acceptors (Lipinski definition) is 3. The second-order valence-corrected chi connectivity index (χ2v) is 7.18. The summed E-state index contributed by atoms with van der Waals surface area (Å²) in [5, 5.41) is 10.7. The minimum Gasteiger partial charge on any atom is -0.308 e. The summed E-state index contributed by atoms with van der Waals surface area (Å²) >= 11 is 17.6. The lowest BCUT2D eigenvalue weighted by molar-refractivity contribution is 0.262. The molecule has 122 valence electrons. The molecule has 0 heterocycles. The number of halogens is 3. The van der Waals surface area contributed by atoms with E-state index in [4.69, 9.17) is 39.9 Å². The smallest absolute Gasteiger partial charge is 0.308 e. The van der Waals surface area contributed by atoms with Gasteiger partial charge in [-0.25, -0.2) is 18.4 Å². The van der Waals surface area contributed by atoms with Crippen molar-refractivity contribution in [2.45, 2.75) is 4.90 Å². The number of benzene rings is 2. The molecule has 0 aliphatic heterocycles. The molecule has 10 heteroatoms. The number of carbonyl (C=O) groups excluding carboxylic acids is 1. The van der Waals surface area contributed by atoms with Gasteiger partial charge >= 0.3 is 6.03 Å². The maximum absolute atomic E-state index is 11.9. The largest absolute Gasteiger partial charge is 0.323 e. The van der Waals surface area contributed by atoms with Crippen LogP contribution in [0.25, 0.3) is 0 Å². The minimum atomic E-state index is -3.87. The van der Waals surface area contributed by atoms with Crippen LogP contribution >= 0.6 is 34.8 Å². The Bertz CT molecular complexity index is 872. The van der Waals surface area contributed by atoms with Crippen LogP contribution in [0, 0.1) is 0 Å². The van der Waals surface area contributed by atoms with Crippen molar-refractivity contribution in [3.8, 4) is 0 Å². The fourth-order valence-electron chi connectivity index (χ4n) is 1.63. The van der Waals surface area contributed by atoms with E-state index in [1.165, 1.54) is 24.3 Å². The molecule has 6 nitrogen and oxygen atoms in total. The Morgan fingerprint density at radius 3 is 2.17 bits per heavy atom. The molecule has 0 saturated carbocycles. The lowest BCUT2D eigenvalue weighted by Gasteiger charge is -2.10. The molecule has 0 atom stereocenters. The van der Waals surface area contributed by atoms with Crippen molar-refractivity contribution in [3.05, 3.63) is 51.5 Å². The van der Waals surface area contributed by atoms with Gasteiger partial charge in [0.1, 0.15) is 0 Å². The third kappa shape index (κ3) is 4.73. The van der Waals surface area contributed by atoms with Gasteiger partial charge in [-0.1, -0.05) is 34.8 Å². The van der Waals surface area contributed by atoms with E-state index in [1.54, 1.807) is 6.07 Å². The number of hydrogen-bond donors (Lipinski definition) is 3. The fraction of sp³-hybridized carbons (Fsp3) is 0. The number of carbonyl (C=O) groups is 1. The molecule has 2 aromatic carbocycles. The Labute approximate surface area is 147 Å². The number of sulfonamides is 1. The molecule has 0 radical (unpaired) electrons. The van der Waals surface area contributed by atoms with Gasteiger partial charge < -0.3 is 10.6 Å². The SMILES string of the molecule is NS(=O)(=O)c1ccc(NC(=O)Nc2ccc(Cl)c(Cl)c2)c(Cl)c1. The Hall–Kier alpha value is -1.51. The number of anilines is 2. The molecule has 0 saturated heterocycles. The third-order valence-corrected chi connectivity index (χ3v) is 4.66. The Morgan fingerprint density at radius 2 is 1.61 bits per heavy atom. The second-order valence-electron chi connectivity index (χ2n) is 4.39. The minimum absolute atomic E-state index is 0.0285. The number of amides is 2. The monoisotopic (exact) mass is 393 g/mol. The van der Waals surface area contributed by atoms with E-state index in [0.717, 1.165) is 6.07 Å². The van der Waals surface area contributed by atoms with Gasteiger partial charge in [0.15, 0.2) is 0 Å². The fourth-order valence-corrected chi connectivity index (χ4v) is 2.76. The van der Waals surface area contributed by atoms with Gasteiger partial charge in [-0.3, -0.25) is 0 Å². The van der Waals surface area contributed by atoms with Gasteiger partial charge in [0.25, 0.3) is 0 Å². The van der Waals surface area contributed by atoms with Crippen molar-refractivity contribution < 1.29 is 13.2 Å². The van der Waals surface area contributed by atoms with E-state index in [-0.39, 0.29) is 15.6 Å². The number of nitrogens with two attached hydrogens (primary N) is 1. The highest BCUT2D eigenvalue weighted by Crippen LogP contribution is 2.26. The maximum Gasteiger partial charge on any atom is 0.323 e. The zero-order chi connectivity index (χ0) is 17.2. The summed E-state index contributed by atoms with van der Waals surface area (Å²) in [6.07, 6.45) is 0. The first-order chi connectivity index (χ1) is 10.7. The van der Waals surface area contributed by atoms with E-state index in [2.05, 4.69) is 10.6 Å². The number of rotatable bonds is 3. The molecule has 0 spiro atoms. The van der Waals surface area contributed by atoms with Crippen LogP contribution in [0.5, 0.6) is 0 Å². The molecule has 0 unspecified atom stereocenters. The first-order valence-electron chi connectivity index (χ1n) is 6.02. The summed E-state index contributed by atoms with van der Waals surface area (Å²) in [6, 6.07) is 7.70. The zero-order valence-electron chi connectivity index (χ0n) is 11.3. The highest BCUT2D eigenvalue weighted by Gasteiger charge is 2.12. The molecule has 2 rings (SSSR count). The summed E-state index contributed by atoms with van der Waals surface area (Å²) in [6.45, 7) is 0. The van der Waals surface area contributed by atoms with E-state index in [0.29, 0.717) is 15.7 Å². The molecule has 2 amide bonds. The summed E-state index contributed by atoms with van der Waals surface area (Å²) < 4.78 is 22.4. The average molecular weight is 395 g/mol. The second kappa shape index (κ2) is 6.94. The van der Waals surface area contributed by atoms with Gasteiger partial charge in [-0.05, 0) is 36.4 Å². The topological polar surface area (TPSA) is 101 Å². The molecule has 0 bridgehead atoms. The molecule has 0 aliphatic carbocycles. The summed E-state index contributed by atoms with van der Waals surface area (Å²) in [7, 11) is -3.87. The quantitative estimate of drug-likeness (QED) is 0.735. The molecule has 0 aliphatic rings. The molecule has 0 aromatic heterocycles. The van der Waals surface area contributed by atoms with Gasteiger partial charge in [-0.2, -0.15) is 0 Å².